The normalized spacial score (nSPS) is 13.0. The molecule has 2 heteroatoms. The molecule has 1 rings (SSSR count). The van der Waals surface area contributed by atoms with E-state index in [-0.39, 0.29) is 6.23 Å². The molecule has 0 fully saturated rings. The van der Waals surface area contributed by atoms with Crippen molar-refractivity contribution in [3.8, 4) is 5.75 Å². The van der Waals surface area contributed by atoms with Crippen LogP contribution in [0.25, 0.3) is 0 Å². The fourth-order valence-corrected chi connectivity index (χ4v) is 0.801. The van der Waals surface area contributed by atoms with Crippen LogP contribution in [0.5, 0.6) is 5.75 Å². The van der Waals surface area contributed by atoms with Crippen LogP contribution in [0.1, 0.15) is 6.92 Å². The van der Waals surface area contributed by atoms with E-state index >= 15 is 0 Å². The first-order valence-corrected chi connectivity index (χ1v) is 4.08. The van der Waals surface area contributed by atoms with Crippen molar-refractivity contribution in [1.29, 1.82) is 0 Å². The van der Waals surface area contributed by atoms with Crippen molar-refractivity contribution in [2.75, 3.05) is 14.1 Å². The van der Waals surface area contributed by atoms with Gasteiger partial charge in [-0.1, -0.05) is 18.2 Å². The summed E-state index contributed by atoms with van der Waals surface area (Å²) < 4.78 is 5.60. The molecule has 66 valence electrons. The van der Waals surface area contributed by atoms with Crippen molar-refractivity contribution in [1.82, 2.24) is 4.90 Å². The molecule has 0 spiro atoms. The van der Waals surface area contributed by atoms with E-state index in [1.165, 1.54) is 0 Å². The van der Waals surface area contributed by atoms with Gasteiger partial charge in [-0.05, 0) is 33.2 Å². The monoisotopic (exact) mass is 165 g/mol. The van der Waals surface area contributed by atoms with Crippen molar-refractivity contribution in [3.05, 3.63) is 30.3 Å². The zero-order valence-corrected chi connectivity index (χ0v) is 7.82. The average molecular weight is 165 g/mol. The first-order chi connectivity index (χ1) is 5.70. The number of hydrogen-bond donors (Lipinski definition) is 0. The van der Waals surface area contributed by atoms with E-state index in [2.05, 4.69) is 0 Å². The molecule has 12 heavy (non-hydrogen) atoms. The quantitative estimate of drug-likeness (QED) is 0.635. The van der Waals surface area contributed by atoms with Crippen LogP contribution in [0, 0.1) is 0 Å². The number of para-hydroxylation sites is 1. The Morgan fingerprint density at radius 2 is 1.75 bits per heavy atom. The van der Waals surface area contributed by atoms with E-state index in [0.717, 1.165) is 5.75 Å². The smallest absolute Gasteiger partial charge is 0.149 e. The van der Waals surface area contributed by atoms with E-state index in [1.807, 2.05) is 56.3 Å². The van der Waals surface area contributed by atoms with Crippen LogP contribution in [0.4, 0.5) is 0 Å². The third-order valence-corrected chi connectivity index (χ3v) is 1.78. The Hall–Kier alpha value is -1.02. The Morgan fingerprint density at radius 1 is 1.17 bits per heavy atom. The molecule has 1 aromatic carbocycles. The fourth-order valence-electron chi connectivity index (χ4n) is 0.801. The molecule has 0 heterocycles. The molecule has 0 aliphatic carbocycles. The Balaban J connectivity index is 2.53. The van der Waals surface area contributed by atoms with Gasteiger partial charge in [0, 0.05) is 0 Å². The van der Waals surface area contributed by atoms with Gasteiger partial charge in [-0.25, -0.2) is 0 Å². The molecule has 0 aliphatic heterocycles. The van der Waals surface area contributed by atoms with Crippen molar-refractivity contribution in [2.24, 2.45) is 0 Å². The van der Waals surface area contributed by atoms with Gasteiger partial charge in [-0.15, -0.1) is 0 Å². The molecule has 0 bridgehead atoms. The Kier molecular flexibility index (Phi) is 3.11. The van der Waals surface area contributed by atoms with Gasteiger partial charge in [-0.2, -0.15) is 0 Å². The van der Waals surface area contributed by atoms with Crippen molar-refractivity contribution in [3.63, 3.8) is 0 Å². The molecular weight excluding hydrogens is 150 g/mol. The summed E-state index contributed by atoms with van der Waals surface area (Å²) in [5, 5.41) is 0. The number of benzene rings is 1. The summed E-state index contributed by atoms with van der Waals surface area (Å²) in [7, 11) is 3.99. The maximum atomic E-state index is 5.60. The van der Waals surface area contributed by atoms with Gasteiger partial charge in [0.25, 0.3) is 0 Å². The van der Waals surface area contributed by atoms with Crippen LogP contribution in [-0.4, -0.2) is 25.2 Å². The summed E-state index contributed by atoms with van der Waals surface area (Å²) in [5.74, 6) is 0.915. The number of rotatable bonds is 3. The van der Waals surface area contributed by atoms with Gasteiger partial charge < -0.3 is 4.74 Å². The van der Waals surface area contributed by atoms with E-state index in [9.17, 15) is 0 Å². The van der Waals surface area contributed by atoms with E-state index < -0.39 is 0 Å². The first-order valence-electron chi connectivity index (χ1n) is 4.08. The highest BCUT2D eigenvalue weighted by Gasteiger charge is 2.04. The molecule has 0 saturated carbocycles. The number of ether oxygens (including phenoxy) is 1. The van der Waals surface area contributed by atoms with Crippen LogP contribution >= 0.6 is 0 Å². The van der Waals surface area contributed by atoms with Gasteiger partial charge in [0.05, 0.1) is 0 Å². The summed E-state index contributed by atoms with van der Waals surface area (Å²) in [6.45, 7) is 2.02. The van der Waals surface area contributed by atoms with Gasteiger partial charge in [0.1, 0.15) is 12.0 Å². The largest absolute Gasteiger partial charge is 0.475 e. The summed E-state index contributed by atoms with van der Waals surface area (Å²) >= 11 is 0. The molecule has 0 aliphatic rings. The van der Waals surface area contributed by atoms with Crippen LogP contribution in [0.3, 0.4) is 0 Å². The first kappa shape index (κ1) is 9.07. The molecule has 0 N–H and O–H groups in total. The van der Waals surface area contributed by atoms with Crippen LogP contribution in [-0.2, 0) is 0 Å². The van der Waals surface area contributed by atoms with Gasteiger partial charge in [0.15, 0.2) is 0 Å². The van der Waals surface area contributed by atoms with Crippen LogP contribution in [0.15, 0.2) is 30.3 Å². The molecule has 0 saturated heterocycles. The summed E-state index contributed by atoms with van der Waals surface area (Å²) in [5.41, 5.74) is 0. The zero-order chi connectivity index (χ0) is 8.97. The lowest BCUT2D eigenvalue weighted by Crippen LogP contribution is -2.30. The molecule has 0 radical (unpaired) electrons. The van der Waals surface area contributed by atoms with E-state index in [1.54, 1.807) is 0 Å². The molecular formula is C10H15NO. The maximum absolute atomic E-state index is 5.60. The van der Waals surface area contributed by atoms with Gasteiger partial charge >= 0.3 is 0 Å². The standard InChI is InChI=1S/C10H15NO/c1-9(11(2)3)12-10-7-5-4-6-8-10/h4-9H,1-3H3. The predicted molar refractivity (Wildman–Crippen MR) is 50.2 cm³/mol. The lowest BCUT2D eigenvalue weighted by molar-refractivity contribution is 0.0815. The molecule has 0 aromatic heterocycles. The van der Waals surface area contributed by atoms with E-state index in [4.69, 9.17) is 4.74 Å². The maximum Gasteiger partial charge on any atom is 0.149 e. The highest BCUT2D eigenvalue weighted by Crippen LogP contribution is 2.10. The SMILES string of the molecule is CC(Oc1ccccc1)N(C)C. The lowest BCUT2D eigenvalue weighted by Gasteiger charge is -2.20. The van der Waals surface area contributed by atoms with Crippen molar-refractivity contribution < 1.29 is 4.74 Å². The van der Waals surface area contributed by atoms with Crippen LogP contribution < -0.4 is 4.74 Å². The fraction of sp³-hybridized carbons (Fsp3) is 0.400. The van der Waals surface area contributed by atoms with Crippen molar-refractivity contribution in [2.45, 2.75) is 13.2 Å². The van der Waals surface area contributed by atoms with Crippen molar-refractivity contribution >= 4 is 0 Å². The topological polar surface area (TPSA) is 12.5 Å². The third-order valence-electron chi connectivity index (χ3n) is 1.78. The third kappa shape index (κ3) is 2.55. The average Bonchev–Trinajstić information content (AvgIpc) is 2.06. The molecule has 0 amide bonds. The number of hydrogen-bond acceptors (Lipinski definition) is 2. The minimum absolute atomic E-state index is 0.118. The zero-order valence-electron chi connectivity index (χ0n) is 7.82. The molecule has 1 aromatic rings. The molecule has 1 atom stereocenters. The lowest BCUT2D eigenvalue weighted by atomic mass is 10.3. The Morgan fingerprint density at radius 3 is 2.25 bits per heavy atom. The second-order valence-electron chi connectivity index (χ2n) is 2.99. The molecule has 1 unspecified atom stereocenters. The summed E-state index contributed by atoms with van der Waals surface area (Å²) in [6, 6.07) is 9.84. The van der Waals surface area contributed by atoms with Gasteiger partial charge in [0.2, 0.25) is 0 Å². The summed E-state index contributed by atoms with van der Waals surface area (Å²) in [4.78, 5) is 2.02. The Labute approximate surface area is 73.8 Å². The van der Waals surface area contributed by atoms with Gasteiger partial charge in [-0.3, -0.25) is 4.90 Å². The highest BCUT2D eigenvalue weighted by molar-refractivity contribution is 5.21. The van der Waals surface area contributed by atoms with E-state index in [0.29, 0.717) is 0 Å². The predicted octanol–water partition coefficient (Wildman–Crippen LogP) is 1.97. The summed E-state index contributed by atoms with van der Waals surface area (Å²) in [6.07, 6.45) is 0.118. The second-order valence-corrected chi connectivity index (χ2v) is 2.99. The van der Waals surface area contributed by atoms with Crippen LogP contribution in [0.2, 0.25) is 0 Å². The molecule has 2 nitrogen and oxygen atoms in total. The minimum Gasteiger partial charge on any atom is -0.475 e. The second kappa shape index (κ2) is 4.12. The minimum atomic E-state index is 0.118. The Bertz CT molecular complexity index is 221. The number of nitrogens with zero attached hydrogens (tertiary/aromatic N) is 1. The highest BCUT2D eigenvalue weighted by atomic mass is 16.5.